The molecule has 0 spiro atoms. The van der Waals surface area contributed by atoms with Gasteiger partial charge in [-0.3, -0.25) is 14.2 Å². The molecule has 0 saturated carbocycles. The SMILES string of the molecule is CCOc1ccc(C(C)=O)cc1CSc1nc2ccccc2c(=O)n1[C@H](C)COC. The summed E-state index contributed by atoms with van der Waals surface area (Å²) in [6, 6.07) is 12.6. The number of nitrogens with zero attached hydrogens (tertiary/aromatic N) is 2. The van der Waals surface area contributed by atoms with Crippen molar-refractivity contribution in [2.24, 2.45) is 0 Å². The van der Waals surface area contributed by atoms with Gasteiger partial charge in [-0.2, -0.15) is 0 Å². The molecule has 2 aromatic carbocycles. The number of carbonyl (C=O) groups is 1. The minimum absolute atomic E-state index is 0.00115. The molecule has 0 bridgehead atoms. The average molecular weight is 427 g/mol. The molecule has 0 aliphatic rings. The normalized spacial score (nSPS) is 12.1. The monoisotopic (exact) mass is 426 g/mol. The molecular formula is C23H26N2O4S. The van der Waals surface area contributed by atoms with Gasteiger partial charge in [0.05, 0.1) is 30.2 Å². The van der Waals surface area contributed by atoms with E-state index in [0.29, 0.717) is 40.6 Å². The molecule has 0 unspecified atom stereocenters. The number of para-hydroxylation sites is 1. The molecule has 1 aromatic heterocycles. The van der Waals surface area contributed by atoms with E-state index in [-0.39, 0.29) is 17.4 Å². The molecule has 0 saturated heterocycles. The van der Waals surface area contributed by atoms with Gasteiger partial charge in [0.15, 0.2) is 10.9 Å². The summed E-state index contributed by atoms with van der Waals surface area (Å²) in [7, 11) is 1.62. The first-order chi connectivity index (χ1) is 14.5. The Morgan fingerprint density at radius 1 is 1.23 bits per heavy atom. The molecule has 0 radical (unpaired) electrons. The molecule has 30 heavy (non-hydrogen) atoms. The smallest absolute Gasteiger partial charge is 0.262 e. The van der Waals surface area contributed by atoms with Crippen molar-refractivity contribution < 1.29 is 14.3 Å². The highest BCUT2D eigenvalue weighted by molar-refractivity contribution is 7.98. The van der Waals surface area contributed by atoms with Crippen LogP contribution in [-0.4, -0.2) is 35.7 Å². The minimum atomic E-state index is -0.169. The van der Waals surface area contributed by atoms with Crippen molar-refractivity contribution in [1.82, 2.24) is 9.55 Å². The van der Waals surface area contributed by atoms with E-state index < -0.39 is 0 Å². The number of thioether (sulfide) groups is 1. The molecule has 158 valence electrons. The lowest BCUT2D eigenvalue weighted by Crippen LogP contribution is -2.28. The Labute approximate surface area is 180 Å². The lowest BCUT2D eigenvalue weighted by Gasteiger charge is -2.19. The summed E-state index contributed by atoms with van der Waals surface area (Å²) in [4.78, 5) is 29.8. The molecule has 3 aromatic rings. The molecule has 1 atom stereocenters. The van der Waals surface area contributed by atoms with Gasteiger partial charge >= 0.3 is 0 Å². The van der Waals surface area contributed by atoms with E-state index in [1.54, 1.807) is 30.7 Å². The summed E-state index contributed by atoms with van der Waals surface area (Å²) in [5, 5.41) is 1.19. The number of methoxy groups -OCH3 is 1. The number of ether oxygens (including phenoxy) is 2. The van der Waals surface area contributed by atoms with Crippen LogP contribution in [0.3, 0.4) is 0 Å². The quantitative estimate of drug-likeness (QED) is 0.285. The Morgan fingerprint density at radius 3 is 2.70 bits per heavy atom. The van der Waals surface area contributed by atoms with Crippen LogP contribution < -0.4 is 10.3 Å². The summed E-state index contributed by atoms with van der Waals surface area (Å²) >= 11 is 1.45. The van der Waals surface area contributed by atoms with Gasteiger partial charge in [-0.1, -0.05) is 23.9 Å². The molecular weight excluding hydrogens is 400 g/mol. The maximum Gasteiger partial charge on any atom is 0.262 e. The summed E-state index contributed by atoms with van der Waals surface area (Å²) in [5.41, 5.74) is 2.09. The van der Waals surface area contributed by atoms with Crippen LogP contribution in [0.15, 0.2) is 52.4 Å². The van der Waals surface area contributed by atoms with E-state index in [4.69, 9.17) is 14.5 Å². The molecule has 7 heteroatoms. The van der Waals surface area contributed by atoms with Crippen LogP contribution >= 0.6 is 11.8 Å². The van der Waals surface area contributed by atoms with Crippen molar-refractivity contribution in [3.05, 3.63) is 63.9 Å². The van der Waals surface area contributed by atoms with Crippen molar-refractivity contribution >= 4 is 28.4 Å². The average Bonchev–Trinajstić information content (AvgIpc) is 2.73. The molecule has 0 aliphatic carbocycles. The molecule has 6 nitrogen and oxygen atoms in total. The van der Waals surface area contributed by atoms with Crippen LogP contribution in [0.5, 0.6) is 5.75 Å². The molecule has 0 amide bonds. The largest absolute Gasteiger partial charge is 0.494 e. The summed E-state index contributed by atoms with van der Waals surface area (Å²) in [6.45, 7) is 6.33. The number of fused-ring (bicyclic) bond motifs is 1. The number of Topliss-reactive ketones (excluding diaryl/α,β-unsaturated/α-hetero) is 1. The zero-order valence-electron chi connectivity index (χ0n) is 17.7. The predicted octanol–water partition coefficient (Wildman–Crippen LogP) is 4.50. The standard InChI is InChI=1S/C23H26N2O4S/c1-5-29-21-11-10-17(16(3)26)12-18(21)14-30-23-24-20-9-7-6-8-19(20)22(27)25(23)15(2)13-28-4/h6-12,15H,5,13-14H2,1-4H3/t15-/m1/s1. The summed E-state index contributed by atoms with van der Waals surface area (Å²) < 4.78 is 12.7. The van der Waals surface area contributed by atoms with Gasteiger partial charge in [-0.25, -0.2) is 4.98 Å². The highest BCUT2D eigenvalue weighted by Gasteiger charge is 2.18. The van der Waals surface area contributed by atoms with E-state index in [1.807, 2.05) is 44.2 Å². The van der Waals surface area contributed by atoms with E-state index >= 15 is 0 Å². The third kappa shape index (κ3) is 4.74. The Hall–Kier alpha value is -2.64. The second kappa shape index (κ2) is 9.91. The minimum Gasteiger partial charge on any atom is -0.494 e. The molecule has 1 heterocycles. The number of hydrogen-bond acceptors (Lipinski definition) is 6. The van der Waals surface area contributed by atoms with Gasteiger partial charge in [0, 0.05) is 24.0 Å². The summed E-state index contributed by atoms with van der Waals surface area (Å²) in [5.74, 6) is 1.24. The highest BCUT2D eigenvalue weighted by atomic mass is 32.2. The van der Waals surface area contributed by atoms with Crippen LogP contribution in [0, 0.1) is 0 Å². The second-order valence-electron chi connectivity index (χ2n) is 6.99. The van der Waals surface area contributed by atoms with Gasteiger partial charge < -0.3 is 9.47 Å². The molecule has 0 N–H and O–H groups in total. The fourth-order valence-electron chi connectivity index (χ4n) is 3.28. The van der Waals surface area contributed by atoms with Crippen LogP contribution in [-0.2, 0) is 10.5 Å². The van der Waals surface area contributed by atoms with E-state index in [9.17, 15) is 9.59 Å². The van der Waals surface area contributed by atoms with E-state index in [2.05, 4.69) is 0 Å². The zero-order chi connectivity index (χ0) is 21.7. The molecule has 3 rings (SSSR count). The van der Waals surface area contributed by atoms with Gasteiger partial charge in [0.1, 0.15) is 5.75 Å². The van der Waals surface area contributed by atoms with Crippen LogP contribution in [0.25, 0.3) is 10.9 Å². The van der Waals surface area contributed by atoms with Gasteiger partial charge in [0.2, 0.25) is 0 Å². The lowest BCUT2D eigenvalue weighted by atomic mass is 10.1. The fourth-order valence-corrected chi connectivity index (χ4v) is 4.36. The number of hydrogen-bond donors (Lipinski definition) is 0. The first-order valence-electron chi connectivity index (χ1n) is 9.86. The predicted molar refractivity (Wildman–Crippen MR) is 120 cm³/mol. The zero-order valence-corrected chi connectivity index (χ0v) is 18.5. The van der Waals surface area contributed by atoms with Crippen molar-refractivity contribution in [2.45, 2.75) is 37.7 Å². The van der Waals surface area contributed by atoms with E-state index in [0.717, 1.165) is 11.3 Å². The Bertz CT molecular complexity index is 1110. The Balaban J connectivity index is 2.03. The summed E-state index contributed by atoms with van der Waals surface area (Å²) in [6.07, 6.45) is 0. The first-order valence-corrected chi connectivity index (χ1v) is 10.8. The van der Waals surface area contributed by atoms with Crippen LogP contribution in [0.2, 0.25) is 0 Å². The number of aromatic nitrogens is 2. The maximum atomic E-state index is 13.2. The van der Waals surface area contributed by atoms with Crippen LogP contribution in [0.1, 0.15) is 42.7 Å². The number of rotatable bonds is 9. The highest BCUT2D eigenvalue weighted by Crippen LogP contribution is 2.30. The van der Waals surface area contributed by atoms with Crippen molar-refractivity contribution in [3.8, 4) is 5.75 Å². The topological polar surface area (TPSA) is 70.4 Å². The van der Waals surface area contributed by atoms with Gasteiger partial charge in [0.25, 0.3) is 5.56 Å². The van der Waals surface area contributed by atoms with Crippen LogP contribution in [0.4, 0.5) is 0 Å². The Morgan fingerprint density at radius 2 is 2.00 bits per heavy atom. The van der Waals surface area contributed by atoms with Crippen molar-refractivity contribution in [2.75, 3.05) is 20.3 Å². The van der Waals surface area contributed by atoms with E-state index in [1.165, 1.54) is 11.8 Å². The number of carbonyl (C=O) groups excluding carboxylic acids is 1. The molecule has 0 fully saturated rings. The fraction of sp³-hybridized carbons (Fsp3) is 0.348. The first kappa shape index (κ1) is 22.1. The Kier molecular flexibility index (Phi) is 7.29. The third-order valence-electron chi connectivity index (χ3n) is 4.75. The maximum absolute atomic E-state index is 13.2. The van der Waals surface area contributed by atoms with Gasteiger partial charge in [-0.05, 0) is 51.1 Å². The van der Waals surface area contributed by atoms with Gasteiger partial charge in [-0.15, -0.1) is 0 Å². The number of ketones is 1. The van der Waals surface area contributed by atoms with Crippen molar-refractivity contribution in [1.29, 1.82) is 0 Å². The number of benzene rings is 2. The lowest BCUT2D eigenvalue weighted by molar-refractivity contribution is 0.101. The van der Waals surface area contributed by atoms with Crippen molar-refractivity contribution in [3.63, 3.8) is 0 Å². The second-order valence-corrected chi connectivity index (χ2v) is 7.93. The third-order valence-corrected chi connectivity index (χ3v) is 5.75. The molecule has 0 aliphatic heterocycles.